The number of fused-ring (bicyclic) bond motifs is 2. The lowest BCUT2D eigenvalue weighted by molar-refractivity contribution is -0.119. The van der Waals surface area contributed by atoms with Crippen molar-refractivity contribution in [1.29, 1.82) is 0 Å². The van der Waals surface area contributed by atoms with Gasteiger partial charge in [0.15, 0.2) is 6.73 Å². The van der Waals surface area contributed by atoms with Crippen molar-refractivity contribution >= 4 is 44.8 Å². The third kappa shape index (κ3) is 10.3. The van der Waals surface area contributed by atoms with Crippen molar-refractivity contribution in [2.75, 3.05) is 55.9 Å². The lowest BCUT2D eigenvalue weighted by Gasteiger charge is -2.36. The number of ether oxygens (including phenoxy) is 2. The Hall–Kier alpha value is -3.30. The molecule has 2 aromatic carbocycles. The zero-order valence-corrected chi connectivity index (χ0v) is 30.2. The van der Waals surface area contributed by atoms with E-state index in [2.05, 4.69) is 58.6 Å². The molecule has 0 aliphatic carbocycles. The van der Waals surface area contributed by atoms with Crippen LogP contribution in [-0.2, 0) is 16.0 Å². The van der Waals surface area contributed by atoms with Crippen molar-refractivity contribution in [2.45, 2.75) is 97.4 Å². The molecule has 2 unspecified atom stereocenters. The van der Waals surface area contributed by atoms with E-state index in [0.29, 0.717) is 25.4 Å². The minimum atomic E-state index is -0.480. The Morgan fingerprint density at radius 2 is 1.77 bits per heavy atom. The van der Waals surface area contributed by atoms with Gasteiger partial charge in [-0.3, -0.25) is 14.6 Å². The van der Waals surface area contributed by atoms with E-state index in [1.807, 2.05) is 36.5 Å². The number of alkyl carbamates (subject to hydrolysis) is 1. The summed E-state index contributed by atoms with van der Waals surface area (Å²) >= 11 is 1.81. The Balaban J connectivity index is 1.00. The third-order valence-corrected chi connectivity index (χ3v) is 10.7. The Kier molecular flexibility index (Phi) is 13.8. The molecule has 1 aromatic heterocycles. The van der Waals surface area contributed by atoms with Gasteiger partial charge in [0, 0.05) is 60.5 Å². The van der Waals surface area contributed by atoms with Crippen LogP contribution in [0, 0.1) is 5.92 Å². The number of piperazine rings is 1. The summed E-state index contributed by atoms with van der Waals surface area (Å²) < 4.78 is 13.0. The summed E-state index contributed by atoms with van der Waals surface area (Å²) in [6.45, 7) is 12.4. The van der Waals surface area contributed by atoms with Crippen LogP contribution in [0.3, 0.4) is 0 Å². The van der Waals surface area contributed by atoms with Gasteiger partial charge in [-0.1, -0.05) is 64.5 Å². The first-order valence-corrected chi connectivity index (χ1v) is 19.2. The minimum Gasteiger partial charge on any atom is -0.494 e. The zero-order valence-electron chi connectivity index (χ0n) is 29.4. The van der Waals surface area contributed by atoms with Crippen LogP contribution in [0.25, 0.3) is 10.1 Å². The van der Waals surface area contributed by atoms with Crippen LogP contribution >= 0.6 is 11.3 Å². The fourth-order valence-corrected chi connectivity index (χ4v) is 7.89. The SMILES string of the molecule is CCCCCCCC(C)CC(C)NC(=O)OCN1C(=O)CCc2ccc(OCCCCN3CCN(c4cccc5sccc45)CC3)cc21. The molecule has 2 amide bonds. The maximum absolute atomic E-state index is 12.9. The first kappa shape index (κ1) is 36.0. The molecule has 1 fully saturated rings. The molecule has 1 saturated heterocycles. The number of benzene rings is 2. The van der Waals surface area contributed by atoms with Crippen molar-refractivity contribution < 1.29 is 19.1 Å². The lowest BCUT2D eigenvalue weighted by atomic mass is 9.96. The summed E-state index contributed by atoms with van der Waals surface area (Å²) in [5.41, 5.74) is 3.21. The molecule has 2 aliphatic rings. The number of anilines is 2. The second kappa shape index (κ2) is 18.5. The highest BCUT2D eigenvalue weighted by atomic mass is 32.1. The van der Waals surface area contributed by atoms with Crippen LogP contribution in [0.2, 0.25) is 0 Å². The molecule has 0 spiro atoms. The maximum Gasteiger partial charge on any atom is 0.409 e. The Morgan fingerprint density at radius 3 is 2.60 bits per heavy atom. The van der Waals surface area contributed by atoms with Gasteiger partial charge in [0.05, 0.1) is 12.3 Å². The Bertz CT molecular complexity index is 1450. The lowest BCUT2D eigenvalue weighted by Crippen LogP contribution is -2.46. The number of hydrogen-bond acceptors (Lipinski definition) is 7. The zero-order chi connectivity index (χ0) is 33.7. The summed E-state index contributed by atoms with van der Waals surface area (Å²) in [6, 6.07) is 14.8. The topological polar surface area (TPSA) is 74.3 Å². The van der Waals surface area contributed by atoms with E-state index >= 15 is 0 Å². The second-order valence-electron chi connectivity index (χ2n) is 13.8. The average Bonchev–Trinajstić information content (AvgIpc) is 3.57. The van der Waals surface area contributed by atoms with Gasteiger partial charge in [-0.2, -0.15) is 0 Å². The third-order valence-electron chi connectivity index (χ3n) is 9.83. The number of nitrogens with one attached hydrogen (secondary N) is 1. The molecule has 1 N–H and O–H groups in total. The molecule has 3 aromatic rings. The number of unbranched alkanes of at least 4 members (excludes halogenated alkanes) is 5. The molecular formula is C39H56N4O4S. The largest absolute Gasteiger partial charge is 0.494 e. The van der Waals surface area contributed by atoms with E-state index in [1.54, 1.807) is 4.90 Å². The van der Waals surface area contributed by atoms with Crippen molar-refractivity contribution in [3.8, 4) is 5.75 Å². The highest BCUT2D eigenvalue weighted by Crippen LogP contribution is 2.33. The molecule has 0 radical (unpaired) electrons. The van der Waals surface area contributed by atoms with Gasteiger partial charge in [-0.05, 0) is 80.3 Å². The fourth-order valence-electron chi connectivity index (χ4n) is 7.08. The van der Waals surface area contributed by atoms with Crippen molar-refractivity contribution in [3.63, 3.8) is 0 Å². The quantitative estimate of drug-likeness (QED) is 0.136. The normalized spacial score (nSPS) is 16.5. The van der Waals surface area contributed by atoms with Crippen molar-refractivity contribution in [1.82, 2.24) is 10.2 Å². The number of carbonyl (C=O) groups is 2. The molecule has 3 heterocycles. The van der Waals surface area contributed by atoms with E-state index in [1.165, 1.54) is 54.3 Å². The summed E-state index contributed by atoms with van der Waals surface area (Å²) in [7, 11) is 0. The van der Waals surface area contributed by atoms with Crippen LogP contribution in [0.15, 0.2) is 47.8 Å². The first-order chi connectivity index (χ1) is 23.4. The summed E-state index contributed by atoms with van der Waals surface area (Å²) in [6.07, 6.45) is 11.2. The monoisotopic (exact) mass is 676 g/mol. The molecular weight excluding hydrogens is 621 g/mol. The van der Waals surface area contributed by atoms with Gasteiger partial charge in [-0.25, -0.2) is 4.79 Å². The van der Waals surface area contributed by atoms with Gasteiger partial charge >= 0.3 is 6.09 Å². The summed E-state index contributed by atoms with van der Waals surface area (Å²) in [5.74, 6) is 1.25. The van der Waals surface area contributed by atoms with Crippen molar-refractivity contribution in [3.05, 3.63) is 53.4 Å². The molecule has 262 valence electrons. The minimum absolute atomic E-state index is 0.0175. The second-order valence-corrected chi connectivity index (χ2v) is 14.7. The van der Waals surface area contributed by atoms with Crippen molar-refractivity contribution in [2.24, 2.45) is 5.92 Å². The van der Waals surface area contributed by atoms with E-state index in [9.17, 15) is 9.59 Å². The Morgan fingerprint density at radius 1 is 0.938 bits per heavy atom. The molecule has 0 bridgehead atoms. The predicted molar refractivity (Wildman–Crippen MR) is 199 cm³/mol. The molecule has 8 nitrogen and oxygen atoms in total. The number of rotatable bonds is 18. The molecule has 2 atom stereocenters. The van der Waals surface area contributed by atoms with E-state index in [0.717, 1.165) is 69.0 Å². The van der Waals surface area contributed by atoms with Crippen LogP contribution in [0.1, 0.15) is 90.5 Å². The van der Waals surface area contributed by atoms with E-state index in [-0.39, 0.29) is 18.7 Å². The maximum atomic E-state index is 12.9. The number of thiophene rings is 1. The smallest absolute Gasteiger partial charge is 0.409 e. The van der Waals surface area contributed by atoms with Crippen LogP contribution in [-0.4, -0.2) is 69.0 Å². The van der Waals surface area contributed by atoms with Crippen LogP contribution in [0.4, 0.5) is 16.2 Å². The molecule has 0 saturated carbocycles. The van der Waals surface area contributed by atoms with Gasteiger partial charge in [0.2, 0.25) is 5.91 Å². The molecule has 9 heteroatoms. The number of aryl methyl sites for hydroxylation is 1. The van der Waals surface area contributed by atoms with Gasteiger partial charge in [0.1, 0.15) is 5.75 Å². The van der Waals surface area contributed by atoms with Crippen LogP contribution < -0.4 is 19.9 Å². The molecule has 2 aliphatic heterocycles. The first-order valence-electron chi connectivity index (χ1n) is 18.3. The van der Waals surface area contributed by atoms with Gasteiger partial charge in [0.25, 0.3) is 0 Å². The molecule has 5 rings (SSSR count). The summed E-state index contributed by atoms with van der Waals surface area (Å²) in [5, 5.41) is 6.51. The van der Waals surface area contributed by atoms with Gasteiger partial charge < -0.3 is 19.7 Å². The fraction of sp³-hybridized carbons (Fsp3) is 0.590. The van der Waals surface area contributed by atoms with Gasteiger partial charge in [-0.15, -0.1) is 11.3 Å². The molecule has 48 heavy (non-hydrogen) atoms. The standard InChI is InChI=1S/C39H56N4O4S/c1-4-5-6-7-8-12-30(2)27-31(3)40-39(45)47-29-43-36-28-33(17-15-32(36)16-18-38(43)44)46-25-10-9-20-41-21-23-42(24-22-41)35-13-11-14-37-34(35)19-26-48-37/h11,13-15,17,19,26,28,30-31H,4-10,12,16,18,20-25,27,29H2,1-3H3,(H,40,45). The Labute approximate surface area is 291 Å². The highest BCUT2D eigenvalue weighted by Gasteiger charge is 2.26. The average molecular weight is 677 g/mol. The number of hydrogen-bond donors (Lipinski definition) is 1. The van der Waals surface area contributed by atoms with E-state index in [4.69, 9.17) is 9.47 Å². The van der Waals surface area contributed by atoms with E-state index < -0.39 is 6.09 Å². The highest BCUT2D eigenvalue weighted by molar-refractivity contribution is 7.17. The predicted octanol–water partition coefficient (Wildman–Crippen LogP) is 8.62. The number of amides is 2. The number of nitrogens with zero attached hydrogens (tertiary/aromatic N) is 3. The number of carbonyl (C=O) groups excluding carboxylic acids is 2. The summed E-state index contributed by atoms with van der Waals surface area (Å²) in [4.78, 5) is 32.2. The van der Waals surface area contributed by atoms with Crippen LogP contribution in [0.5, 0.6) is 5.75 Å².